The van der Waals surface area contributed by atoms with Crippen LogP contribution in [0.4, 0.5) is 0 Å². The summed E-state index contributed by atoms with van der Waals surface area (Å²) in [5.41, 5.74) is 0. The van der Waals surface area contributed by atoms with Gasteiger partial charge in [-0.3, -0.25) is 4.79 Å². The van der Waals surface area contributed by atoms with Gasteiger partial charge >= 0.3 is 5.97 Å². The summed E-state index contributed by atoms with van der Waals surface area (Å²) in [6.45, 7) is -0.519. The van der Waals surface area contributed by atoms with Crippen molar-refractivity contribution in [2.24, 2.45) is 0 Å². The third-order valence-corrected chi connectivity index (χ3v) is 4.84. The predicted octanol–water partition coefficient (Wildman–Crippen LogP) is 0.0654. The molecular formula is C9H10ClNO6S2. The molecule has 7 nitrogen and oxygen atoms in total. The zero-order valence-electron chi connectivity index (χ0n) is 9.66. The summed E-state index contributed by atoms with van der Waals surface area (Å²) in [6, 6.07) is 4.23. The van der Waals surface area contributed by atoms with Gasteiger partial charge in [0, 0.05) is 10.7 Å². The largest absolute Gasteiger partial charge is 0.468 e. The summed E-state index contributed by atoms with van der Waals surface area (Å²) < 4.78 is 51.7. The van der Waals surface area contributed by atoms with E-state index in [9.17, 15) is 21.6 Å². The van der Waals surface area contributed by atoms with E-state index in [1.165, 1.54) is 0 Å². The highest BCUT2D eigenvalue weighted by atomic mass is 35.7. The van der Waals surface area contributed by atoms with Gasteiger partial charge < -0.3 is 4.74 Å². The van der Waals surface area contributed by atoms with Crippen LogP contribution >= 0.6 is 10.7 Å². The van der Waals surface area contributed by atoms with Crippen LogP contribution in [0.25, 0.3) is 0 Å². The number of sulfonamides is 1. The van der Waals surface area contributed by atoms with Crippen molar-refractivity contribution in [3.05, 3.63) is 24.3 Å². The van der Waals surface area contributed by atoms with Crippen molar-refractivity contribution in [3.63, 3.8) is 0 Å². The van der Waals surface area contributed by atoms with Crippen molar-refractivity contribution in [2.75, 3.05) is 13.7 Å². The van der Waals surface area contributed by atoms with Gasteiger partial charge in [-0.2, -0.15) is 4.72 Å². The van der Waals surface area contributed by atoms with E-state index in [0.717, 1.165) is 31.4 Å². The van der Waals surface area contributed by atoms with Crippen LogP contribution in [0.1, 0.15) is 0 Å². The second-order valence-corrected chi connectivity index (χ2v) is 7.64. The van der Waals surface area contributed by atoms with E-state index in [-0.39, 0.29) is 9.79 Å². The van der Waals surface area contributed by atoms with E-state index >= 15 is 0 Å². The molecule has 0 bridgehead atoms. The second kappa shape index (κ2) is 5.87. The number of nitrogens with one attached hydrogen (secondary N) is 1. The topological polar surface area (TPSA) is 107 Å². The molecule has 106 valence electrons. The average Bonchev–Trinajstić information content (AvgIpc) is 2.35. The van der Waals surface area contributed by atoms with E-state index in [4.69, 9.17) is 10.7 Å². The Labute approximate surface area is 115 Å². The summed E-state index contributed by atoms with van der Waals surface area (Å²) in [6.07, 6.45) is 0. The third kappa shape index (κ3) is 4.46. The van der Waals surface area contributed by atoms with Crippen molar-refractivity contribution in [3.8, 4) is 0 Å². The monoisotopic (exact) mass is 327 g/mol. The zero-order chi connectivity index (χ0) is 14.7. The first-order valence-corrected chi connectivity index (χ1v) is 8.57. The summed E-state index contributed by atoms with van der Waals surface area (Å²) >= 11 is 0. The van der Waals surface area contributed by atoms with Gasteiger partial charge in [0.2, 0.25) is 10.0 Å². The lowest BCUT2D eigenvalue weighted by Crippen LogP contribution is -2.30. The number of hydrogen-bond donors (Lipinski definition) is 1. The molecule has 19 heavy (non-hydrogen) atoms. The Balaban J connectivity index is 2.94. The van der Waals surface area contributed by atoms with Gasteiger partial charge in [0.15, 0.2) is 0 Å². The Morgan fingerprint density at radius 1 is 1.16 bits per heavy atom. The van der Waals surface area contributed by atoms with E-state index in [1.807, 2.05) is 4.72 Å². The van der Waals surface area contributed by atoms with Gasteiger partial charge in [-0.05, 0) is 24.3 Å². The number of rotatable bonds is 5. The molecule has 0 spiro atoms. The predicted molar refractivity (Wildman–Crippen MR) is 66.7 cm³/mol. The minimum absolute atomic E-state index is 0.194. The van der Waals surface area contributed by atoms with E-state index in [1.54, 1.807) is 0 Å². The third-order valence-electron chi connectivity index (χ3n) is 2.05. The van der Waals surface area contributed by atoms with Crippen LogP contribution in [-0.2, 0) is 28.6 Å². The molecule has 0 aromatic heterocycles. The van der Waals surface area contributed by atoms with Gasteiger partial charge in [0.05, 0.1) is 16.9 Å². The number of methoxy groups -OCH3 is 1. The molecule has 1 N–H and O–H groups in total. The van der Waals surface area contributed by atoms with Gasteiger partial charge in [0.25, 0.3) is 9.05 Å². The smallest absolute Gasteiger partial charge is 0.320 e. The Morgan fingerprint density at radius 3 is 2.05 bits per heavy atom. The lowest BCUT2D eigenvalue weighted by Gasteiger charge is -2.06. The average molecular weight is 328 g/mol. The Morgan fingerprint density at radius 2 is 1.63 bits per heavy atom. The minimum Gasteiger partial charge on any atom is -0.468 e. The maximum absolute atomic E-state index is 11.7. The van der Waals surface area contributed by atoms with Crippen molar-refractivity contribution in [1.82, 2.24) is 4.72 Å². The summed E-state index contributed by atoms with van der Waals surface area (Å²) in [5, 5.41) is 0. The number of hydrogen-bond acceptors (Lipinski definition) is 6. The van der Waals surface area contributed by atoms with Crippen LogP contribution < -0.4 is 4.72 Å². The Bertz CT molecular complexity index is 665. The molecular weight excluding hydrogens is 318 g/mol. The molecule has 0 saturated carbocycles. The van der Waals surface area contributed by atoms with Crippen molar-refractivity contribution < 1.29 is 26.4 Å². The van der Waals surface area contributed by atoms with Crippen LogP contribution in [0.2, 0.25) is 0 Å². The van der Waals surface area contributed by atoms with Gasteiger partial charge in [-0.1, -0.05) is 0 Å². The molecule has 0 radical (unpaired) electrons. The number of benzene rings is 1. The Kier molecular flexibility index (Phi) is 4.91. The first-order chi connectivity index (χ1) is 8.66. The van der Waals surface area contributed by atoms with Crippen molar-refractivity contribution in [2.45, 2.75) is 9.79 Å². The molecule has 0 saturated heterocycles. The molecule has 1 rings (SSSR count). The van der Waals surface area contributed by atoms with E-state index in [2.05, 4.69) is 4.74 Å². The highest BCUT2D eigenvalue weighted by Gasteiger charge is 2.17. The molecule has 0 aliphatic carbocycles. The van der Waals surface area contributed by atoms with Crippen LogP contribution in [0.5, 0.6) is 0 Å². The van der Waals surface area contributed by atoms with Crippen LogP contribution in [0.15, 0.2) is 34.1 Å². The maximum Gasteiger partial charge on any atom is 0.320 e. The minimum atomic E-state index is -3.92. The fraction of sp³-hybridized carbons (Fsp3) is 0.222. The standard InChI is InChI=1S/C9H10ClNO6S2/c1-17-9(12)6-11-19(15,16)8-4-2-7(3-5-8)18(10,13)14/h2-5,11H,6H2,1H3. The normalized spacial score (nSPS) is 12.1. The first kappa shape index (κ1) is 15.9. The molecule has 0 unspecified atom stereocenters. The molecule has 0 aliphatic rings. The number of ether oxygens (including phenoxy) is 1. The number of halogens is 1. The lowest BCUT2D eigenvalue weighted by molar-refractivity contribution is -0.139. The lowest BCUT2D eigenvalue weighted by atomic mass is 10.4. The summed E-state index contributed by atoms with van der Waals surface area (Å²) in [7, 11) is -1.61. The fourth-order valence-corrected chi connectivity index (χ4v) is 2.83. The molecule has 10 heteroatoms. The van der Waals surface area contributed by atoms with E-state index < -0.39 is 31.6 Å². The molecule has 1 aromatic carbocycles. The van der Waals surface area contributed by atoms with Crippen molar-refractivity contribution in [1.29, 1.82) is 0 Å². The SMILES string of the molecule is COC(=O)CNS(=O)(=O)c1ccc(S(=O)(=O)Cl)cc1. The van der Waals surface area contributed by atoms with E-state index in [0.29, 0.717) is 0 Å². The summed E-state index contributed by atoms with van der Waals surface area (Å²) in [4.78, 5) is 10.4. The Hall–Kier alpha value is -1.16. The molecule has 0 amide bonds. The zero-order valence-corrected chi connectivity index (χ0v) is 12.0. The molecule has 1 aromatic rings. The number of carbonyl (C=O) groups is 1. The first-order valence-electron chi connectivity index (χ1n) is 4.78. The van der Waals surface area contributed by atoms with Crippen LogP contribution in [0.3, 0.4) is 0 Å². The van der Waals surface area contributed by atoms with Gasteiger partial charge in [-0.15, -0.1) is 0 Å². The highest BCUT2D eigenvalue weighted by molar-refractivity contribution is 8.13. The molecule has 0 atom stereocenters. The molecule has 0 heterocycles. The van der Waals surface area contributed by atoms with Gasteiger partial charge in [-0.25, -0.2) is 16.8 Å². The highest BCUT2D eigenvalue weighted by Crippen LogP contribution is 2.17. The quantitative estimate of drug-likeness (QED) is 0.605. The maximum atomic E-state index is 11.7. The summed E-state index contributed by atoms with van der Waals surface area (Å²) in [5.74, 6) is -0.747. The number of carbonyl (C=O) groups excluding carboxylic acids is 1. The van der Waals surface area contributed by atoms with Crippen LogP contribution in [0, 0.1) is 0 Å². The molecule has 0 fully saturated rings. The fourth-order valence-electron chi connectivity index (χ4n) is 1.09. The van der Waals surface area contributed by atoms with Gasteiger partial charge in [0.1, 0.15) is 6.54 Å². The number of esters is 1. The second-order valence-electron chi connectivity index (χ2n) is 3.31. The van der Waals surface area contributed by atoms with Crippen molar-refractivity contribution >= 4 is 35.7 Å². The molecule has 0 aliphatic heterocycles. The van der Waals surface area contributed by atoms with Crippen LogP contribution in [-0.4, -0.2) is 36.5 Å².